The molecule has 3 aromatic carbocycles. The molecule has 5 rings (SSSR count). The maximum Gasteiger partial charge on any atom is 0.272 e. The van der Waals surface area contributed by atoms with Crippen LogP contribution in [0.25, 0.3) is 6.08 Å². The first kappa shape index (κ1) is 26.6. The van der Waals surface area contributed by atoms with Gasteiger partial charge in [-0.1, -0.05) is 36.4 Å². The largest absolute Gasteiger partial charge is 0.321 e. The minimum atomic E-state index is -0.487. The lowest BCUT2D eigenvalue weighted by atomic mass is 10.1. The molecule has 1 aliphatic rings. The number of fused-ring (bicyclic) bond motifs is 1. The maximum atomic E-state index is 13.2. The summed E-state index contributed by atoms with van der Waals surface area (Å²) in [5, 5.41) is 5.52. The van der Waals surface area contributed by atoms with Crippen LogP contribution in [0.1, 0.15) is 36.6 Å². The Morgan fingerprint density at radius 3 is 2.15 bits per heavy atom. The fourth-order valence-electron chi connectivity index (χ4n) is 4.10. The Kier molecular flexibility index (Phi) is 8.13. The molecule has 0 unspecified atom stereocenters. The highest BCUT2D eigenvalue weighted by Gasteiger charge is 2.34. The number of nitrogens with one attached hydrogen (secondary N) is 2. The van der Waals surface area contributed by atoms with Gasteiger partial charge in [-0.15, -0.1) is 11.8 Å². The third kappa shape index (κ3) is 6.16. The summed E-state index contributed by atoms with van der Waals surface area (Å²) >= 11 is 1.50. The van der Waals surface area contributed by atoms with Gasteiger partial charge in [0.15, 0.2) is 0 Å². The number of aromatic nitrogens is 1. The van der Waals surface area contributed by atoms with E-state index in [0.29, 0.717) is 40.2 Å². The van der Waals surface area contributed by atoms with E-state index in [1.165, 1.54) is 16.7 Å². The lowest BCUT2D eigenvalue weighted by molar-refractivity contribution is -0.113. The normalized spacial score (nSPS) is 12.7. The number of thioether (sulfide) groups is 1. The van der Waals surface area contributed by atoms with Gasteiger partial charge >= 0.3 is 0 Å². The molecule has 0 bridgehead atoms. The highest BCUT2D eigenvalue weighted by Crippen LogP contribution is 2.25. The Hall–Kier alpha value is -5.02. The molecule has 1 aromatic heterocycles. The molecule has 2 N–H and O–H groups in total. The van der Waals surface area contributed by atoms with Crippen LogP contribution in [0.3, 0.4) is 0 Å². The third-order valence-electron chi connectivity index (χ3n) is 6.10. The van der Waals surface area contributed by atoms with Crippen LogP contribution in [0, 0.1) is 0 Å². The number of hydrogen-bond donors (Lipinski definition) is 2. The number of anilines is 1. The van der Waals surface area contributed by atoms with E-state index in [-0.39, 0.29) is 17.5 Å². The first-order valence-corrected chi connectivity index (χ1v) is 13.5. The summed E-state index contributed by atoms with van der Waals surface area (Å²) < 4.78 is 0. The van der Waals surface area contributed by atoms with Crippen molar-refractivity contribution in [1.29, 1.82) is 0 Å². The number of benzene rings is 3. The summed E-state index contributed by atoms with van der Waals surface area (Å²) in [6, 6.07) is 26.2. The molecule has 0 saturated heterocycles. The van der Waals surface area contributed by atoms with E-state index in [4.69, 9.17) is 0 Å². The topological polar surface area (TPSA) is 108 Å². The minimum Gasteiger partial charge on any atom is -0.321 e. The summed E-state index contributed by atoms with van der Waals surface area (Å²) in [7, 11) is 0. The average Bonchev–Trinajstić information content (AvgIpc) is 3.23. The van der Waals surface area contributed by atoms with Crippen molar-refractivity contribution in [1.82, 2.24) is 15.2 Å². The number of imide groups is 1. The van der Waals surface area contributed by atoms with Gasteiger partial charge in [0, 0.05) is 40.8 Å². The van der Waals surface area contributed by atoms with Gasteiger partial charge in [-0.3, -0.25) is 29.1 Å². The highest BCUT2D eigenvalue weighted by molar-refractivity contribution is 7.99. The first-order valence-electron chi connectivity index (χ1n) is 12.5. The Morgan fingerprint density at radius 2 is 1.50 bits per heavy atom. The Morgan fingerprint density at radius 1 is 0.825 bits per heavy atom. The SMILES string of the molecule is O=C(Nc1ccc(SCCN2C(=O)c3ccccc3C2=O)cc1)/C(=C/c1cccnc1)NC(=O)c1ccccc1. The number of rotatable bonds is 9. The number of hydrogen-bond acceptors (Lipinski definition) is 6. The van der Waals surface area contributed by atoms with E-state index in [1.807, 2.05) is 18.2 Å². The van der Waals surface area contributed by atoms with Crippen molar-refractivity contribution in [2.75, 3.05) is 17.6 Å². The van der Waals surface area contributed by atoms with E-state index in [0.717, 1.165) is 4.90 Å². The van der Waals surface area contributed by atoms with Crippen molar-refractivity contribution in [3.63, 3.8) is 0 Å². The zero-order valence-corrected chi connectivity index (χ0v) is 22.1. The van der Waals surface area contributed by atoms with E-state index < -0.39 is 11.8 Å². The second-order valence-electron chi connectivity index (χ2n) is 8.80. The fraction of sp³-hybridized carbons (Fsp3) is 0.0645. The average molecular weight is 549 g/mol. The van der Waals surface area contributed by atoms with Crippen LogP contribution in [-0.4, -0.2) is 45.8 Å². The van der Waals surface area contributed by atoms with E-state index >= 15 is 0 Å². The highest BCUT2D eigenvalue weighted by atomic mass is 32.2. The van der Waals surface area contributed by atoms with Gasteiger partial charge < -0.3 is 10.6 Å². The molecule has 9 heteroatoms. The summed E-state index contributed by atoms with van der Waals surface area (Å²) in [5.41, 5.74) is 2.58. The van der Waals surface area contributed by atoms with Crippen LogP contribution >= 0.6 is 11.8 Å². The van der Waals surface area contributed by atoms with Crippen molar-refractivity contribution in [2.45, 2.75) is 4.90 Å². The van der Waals surface area contributed by atoms with Gasteiger partial charge in [0.25, 0.3) is 23.6 Å². The number of pyridine rings is 1. The summed E-state index contributed by atoms with van der Waals surface area (Å²) in [5.74, 6) is -0.905. The molecule has 40 heavy (non-hydrogen) atoms. The van der Waals surface area contributed by atoms with Crippen LogP contribution in [-0.2, 0) is 4.79 Å². The van der Waals surface area contributed by atoms with Gasteiger partial charge in [-0.05, 0) is 66.2 Å². The predicted molar refractivity (Wildman–Crippen MR) is 154 cm³/mol. The molecule has 1 aliphatic heterocycles. The van der Waals surface area contributed by atoms with Crippen molar-refractivity contribution >= 4 is 47.2 Å². The minimum absolute atomic E-state index is 0.0706. The fourth-order valence-corrected chi connectivity index (χ4v) is 4.94. The van der Waals surface area contributed by atoms with E-state index in [9.17, 15) is 19.2 Å². The monoisotopic (exact) mass is 548 g/mol. The summed E-state index contributed by atoms with van der Waals surface area (Å²) in [6.07, 6.45) is 4.78. The lowest BCUT2D eigenvalue weighted by Crippen LogP contribution is -2.31. The van der Waals surface area contributed by atoms with Crippen molar-refractivity contribution < 1.29 is 19.2 Å². The van der Waals surface area contributed by atoms with Gasteiger partial charge in [-0.2, -0.15) is 0 Å². The quantitative estimate of drug-likeness (QED) is 0.175. The Bertz CT molecular complexity index is 1550. The third-order valence-corrected chi connectivity index (χ3v) is 7.09. The molecule has 198 valence electrons. The van der Waals surface area contributed by atoms with Crippen LogP contribution in [0.4, 0.5) is 5.69 Å². The first-order chi connectivity index (χ1) is 19.5. The molecular weight excluding hydrogens is 524 g/mol. The van der Waals surface area contributed by atoms with Gasteiger partial charge in [0.2, 0.25) is 0 Å². The van der Waals surface area contributed by atoms with Crippen LogP contribution < -0.4 is 10.6 Å². The molecule has 4 amide bonds. The van der Waals surface area contributed by atoms with Crippen molar-refractivity contribution in [2.24, 2.45) is 0 Å². The summed E-state index contributed by atoms with van der Waals surface area (Å²) in [6.45, 7) is 0.291. The number of amides is 4. The van der Waals surface area contributed by atoms with Crippen LogP contribution in [0.2, 0.25) is 0 Å². The smallest absolute Gasteiger partial charge is 0.272 e. The Labute approximate surface area is 235 Å². The molecular formula is C31H24N4O4S. The molecule has 0 aliphatic carbocycles. The Balaban J connectivity index is 1.20. The molecule has 8 nitrogen and oxygen atoms in total. The van der Waals surface area contributed by atoms with E-state index in [2.05, 4.69) is 15.6 Å². The standard InChI is InChI=1S/C31H24N4O4S/c36-28(22-8-2-1-3-9-22)34-27(19-21-7-6-16-32-20-21)29(37)33-23-12-14-24(15-13-23)40-18-17-35-30(38)25-10-4-5-11-26(25)31(35)39/h1-16,19-20H,17-18H2,(H,33,37)(H,34,36)/b27-19-. The molecule has 0 radical (unpaired) electrons. The number of carbonyl (C=O) groups excluding carboxylic acids is 4. The zero-order valence-electron chi connectivity index (χ0n) is 21.2. The van der Waals surface area contributed by atoms with Gasteiger partial charge in [0.05, 0.1) is 11.1 Å². The van der Waals surface area contributed by atoms with Crippen LogP contribution in [0.5, 0.6) is 0 Å². The second-order valence-corrected chi connectivity index (χ2v) is 9.97. The number of carbonyl (C=O) groups is 4. The summed E-state index contributed by atoms with van der Waals surface area (Å²) in [4.78, 5) is 57.2. The van der Waals surface area contributed by atoms with Gasteiger partial charge in [-0.25, -0.2) is 0 Å². The van der Waals surface area contributed by atoms with Crippen molar-refractivity contribution in [3.05, 3.63) is 131 Å². The zero-order chi connectivity index (χ0) is 27.9. The van der Waals surface area contributed by atoms with Crippen LogP contribution in [0.15, 0.2) is 114 Å². The predicted octanol–water partition coefficient (Wildman–Crippen LogP) is 4.88. The number of nitrogens with zero attached hydrogens (tertiary/aromatic N) is 2. The molecule has 4 aromatic rings. The molecule has 2 heterocycles. The molecule has 0 fully saturated rings. The second kappa shape index (κ2) is 12.2. The van der Waals surface area contributed by atoms with Gasteiger partial charge in [0.1, 0.15) is 5.70 Å². The molecule has 0 atom stereocenters. The maximum absolute atomic E-state index is 13.2. The molecule has 0 saturated carbocycles. The lowest BCUT2D eigenvalue weighted by Gasteiger charge is -2.14. The van der Waals surface area contributed by atoms with Crippen molar-refractivity contribution in [3.8, 4) is 0 Å². The van der Waals surface area contributed by atoms with E-state index in [1.54, 1.807) is 91.3 Å². The molecule has 0 spiro atoms.